The molecule has 33 heavy (non-hydrogen) atoms. The smallest absolute Gasteiger partial charge is 0.278 e. The third-order valence-electron chi connectivity index (χ3n) is 6.05. The van der Waals surface area contributed by atoms with Gasteiger partial charge in [0.2, 0.25) is 5.91 Å². The molecule has 1 fully saturated rings. The van der Waals surface area contributed by atoms with Crippen LogP contribution in [0, 0.1) is 13.8 Å². The van der Waals surface area contributed by atoms with E-state index in [0.717, 1.165) is 55.8 Å². The number of ether oxygens (including phenoxy) is 1. The zero-order valence-electron chi connectivity index (χ0n) is 19.6. The number of benzene rings is 1. The van der Waals surface area contributed by atoms with Gasteiger partial charge in [-0.05, 0) is 63.6 Å². The number of nitrogens with zero attached hydrogens (tertiary/aromatic N) is 5. The van der Waals surface area contributed by atoms with E-state index < -0.39 is 0 Å². The molecule has 0 saturated carbocycles. The Kier molecular flexibility index (Phi) is 7.32. The number of likely N-dealkylation sites (tertiary alicyclic amines) is 1. The molecule has 1 saturated heterocycles. The highest BCUT2D eigenvalue weighted by atomic mass is 16.5. The summed E-state index contributed by atoms with van der Waals surface area (Å²) in [6.07, 6.45) is 7.30. The summed E-state index contributed by atoms with van der Waals surface area (Å²) in [4.78, 5) is 27.7. The van der Waals surface area contributed by atoms with Gasteiger partial charge in [0.05, 0.1) is 18.5 Å². The van der Waals surface area contributed by atoms with E-state index in [9.17, 15) is 4.79 Å². The molecule has 174 valence electrons. The second kappa shape index (κ2) is 10.6. The SMILES string of the molecule is CCOc1ccc(CCCC(=O)N2CCC(c3noc(-c4cnc(C)cn4)n3)CC2)cc1C. The molecule has 8 heteroatoms. The van der Waals surface area contributed by atoms with Gasteiger partial charge in [-0.3, -0.25) is 9.78 Å². The van der Waals surface area contributed by atoms with Crippen molar-refractivity contribution in [3.63, 3.8) is 0 Å². The van der Waals surface area contributed by atoms with Gasteiger partial charge >= 0.3 is 0 Å². The topological polar surface area (TPSA) is 94.2 Å². The van der Waals surface area contributed by atoms with E-state index in [4.69, 9.17) is 9.26 Å². The minimum atomic E-state index is 0.191. The first-order valence-electron chi connectivity index (χ1n) is 11.7. The summed E-state index contributed by atoms with van der Waals surface area (Å²) in [7, 11) is 0. The highest BCUT2D eigenvalue weighted by Gasteiger charge is 2.27. The van der Waals surface area contributed by atoms with Crippen molar-refractivity contribution in [1.82, 2.24) is 25.0 Å². The van der Waals surface area contributed by atoms with E-state index in [2.05, 4.69) is 39.2 Å². The molecule has 1 aliphatic rings. The van der Waals surface area contributed by atoms with Crippen molar-refractivity contribution in [1.29, 1.82) is 0 Å². The molecule has 0 atom stereocenters. The highest BCUT2D eigenvalue weighted by molar-refractivity contribution is 5.76. The van der Waals surface area contributed by atoms with Crippen molar-refractivity contribution in [2.45, 2.75) is 58.8 Å². The molecular weight excluding hydrogens is 418 g/mol. The molecule has 8 nitrogen and oxygen atoms in total. The predicted molar refractivity (Wildman–Crippen MR) is 124 cm³/mol. The summed E-state index contributed by atoms with van der Waals surface area (Å²) in [5.41, 5.74) is 3.80. The van der Waals surface area contributed by atoms with Crippen LogP contribution in [-0.2, 0) is 11.2 Å². The Morgan fingerprint density at radius 1 is 1.18 bits per heavy atom. The van der Waals surface area contributed by atoms with Gasteiger partial charge in [-0.15, -0.1) is 0 Å². The third kappa shape index (κ3) is 5.74. The molecule has 2 aromatic heterocycles. The Morgan fingerprint density at radius 3 is 2.70 bits per heavy atom. The normalized spacial score (nSPS) is 14.5. The lowest BCUT2D eigenvalue weighted by atomic mass is 9.95. The fourth-order valence-corrected chi connectivity index (χ4v) is 4.18. The Labute approximate surface area is 194 Å². The first-order chi connectivity index (χ1) is 16.0. The second-order valence-corrected chi connectivity index (χ2v) is 8.54. The van der Waals surface area contributed by atoms with Crippen LogP contribution in [0.4, 0.5) is 0 Å². The average molecular weight is 450 g/mol. The second-order valence-electron chi connectivity index (χ2n) is 8.54. The number of carbonyl (C=O) groups is 1. The summed E-state index contributed by atoms with van der Waals surface area (Å²) >= 11 is 0. The van der Waals surface area contributed by atoms with Crippen LogP contribution < -0.4 is 4.74 Å². The number of aryl methyl sites for hydroxylation is 3. The summed E-state index contributed by atoms with van der Waals surface area (Å²) < 4.78 is 11.0. The van der Waals surface area contributed by atoms with Gasteiger partial charge < -0.3 is 14.2 Å². The van der Waals surface area contributed by atoms with E-state index in [0.29, 0.717) is 30.4 Å². The molecule has 0 radical (unpaired) electrons. The van der Waals surface area contributed by atoms with E-state index >= 15 is 0 Å². The lowest BCUT2D eigenvalue weighted by Crippen LogP contribution is -2.38. The molecular formula is C25H31N5O3. The monoisotopic (exact) mass is 449 g/mol. The maximum absolute atomic E-state index is 12.7. The van der Waals surface area contributed by atoms with Crippen molar-refractivity contribution >= 4 is 5.91 Å². The summed E-state index contributed by atoms with van der Waals surface area (Å²) in [5, 5.41) is 4.15. The van der Waals surface area contributed by atoms with Crippen molar-refractivity contribution in [2.24, 2.45) is 0 Å². The minimum Gasteiger partial charge on any atom is -0.494 e. The molecule has 1 aliphatic heterocycles. The summed E-state index contributed by atoms with van der Waals surface area (Å²) in [6, 6.07) is 6.27. The minimum absolute atomic E-state index is 0.191. The lowest BCUT2D eigenvalue weighted by molar-refractivity contribution is -0.132. The van der Waals surface area contributed by atoms with Gasteiger partial charge in [-0.25, -0.2) is 4.98 Å². The molecule has 0 spiro atoms. The molecule has 3 heterocycles. The maximum Gasteiger partial charge on any atom is 0.278 e. The molecule has 0 unspecified atom stereocenters. The molecule has 0 bridgehead atoms. The zero-order valence-corrected chi connectivity index (χ0v) is 19.6. The molecule has 1 aromatic carbocycles. The first kappa shape index (κ1) is 22.9. The van der Waals surface area contributed by atoms with Gasteiger partial charge in [-0.1, -0.05) is 17.3 Å². The van der Waals surface area contributed by atoms with Gasteiger partial charge in [0.25, 0.3) is 5.89 Å². The fraction of sp³-hybridized carbons (Fsp3) is 0.480. The van der Waals surface area contributed by atoms with Crippen LogP contribution in [0.5, 0.6) is 5.75 Å². The maximum atomic E-state index is 12.7. The fourth-order valence-electron chi connectivity index (χ4n) is 4.18. The Hall–Kier alpha value is -3.29. The van der Waals surface area contributed by atoms with Crippen LogP contribution in [0.1, 0.15) is 61.2 Å². The van der Waals surface area contributed by atoms with Crippen LogP contribution >= 0.6 is 0 Å². The molecule has 3 aromatic rings. The van der Waals surface area contributed by atoms with Gasteiger partial charge in [0, 0.05) is 31.6 Å². The number of aromatic nitrogens is 4. The first-order valence-corrected chi connectivity index (χ1v) is 11.7. The van der Waals surface area contributed by atoms with E-state index in [1.54, 1.807) is 12.4 Å². The average Bonchev–Trinajstić information content (AvgIpc) is 3.32. The van der Waals surface area contributed by atoms with Gasteiger partial charge in [0.1, 0.15) is 11.4 Å². The lowest BCUT2D eigenvalue weighted by Gasteiger charge is -2.30. The number of piperidine rings is 1. The number of hydrogen-bond donors (Lipinski definition) is 0. The Bertz CT molecular complexity index is 1070. The molecule has 0 N–H and O–H groups in total. The Morgan fingerprint density at radius 2 is 2.00 bits per heavy atom. The Balaban J connectivity index is 1.23. The summed E-state index contributed by atoms with van der Waals surface area (Å²) in [5.74, 6) is 2.42. The standard InChI is InChI=1S/C25H31N5O3/c1-4-32-22-9-8-19(14-17(22)2)6-5-7-23(31)30-12-10-20(11-13-30)24-28-25(33-29-24)21-16-26-18(3)15-27-21/h8-9,14-16,20H,4-7,10-13H2,1-3H3. The summed E-state index contributed by atoms with van der Waals surface area (Å²) in [6.45, 7) is 8.04. The van der Waals surface area contributed by atoms with E-state index in [1.807, 2.05) is 24.8 Å². The van der Waals surface area contributed by atoms with E-state index in [-0.39, 0.29) is 11.8 Å². The number of carbonyl (C=O) groups excluding carboxylic acids is 1. The van der Waals surface area contributed by atoms with Crippen LogP contribution in [0.15, 0.2) is 35.1 Å². The van der Waals surface area contributed by atoms with Crippen molar-refractivity contribution < 1.29 is 14.1 Å². The zero-order chi connectivity index (χ0) is 23.2. The largest absolute Gasteiger partial charge is 0.494 e. The van der Waals surface area contributed by atoms with Crippen molar-refractivity contribution in [3.8, 4) is 17.3 Å². The van der Waals surface area contributed by atoms with Gasteiger partial charge in [-0.2, -0.15) is 4.98 Å². The number of amides is 1. The van der Waals surface area contributed by atoms with E-state index in [1.165, 1.54) is 5.56 Å². The van der Waals surface area contributed by atoms with Crippen LogP contribution in [0.2, 0.25) is 0 Å². The third-order valence-corrected chi connectivity index (χ3v) is 6.05. The molecule has 0 aliphatic carbocycles. The van der Waals surface area contributed by atoms with Crippen LogP contribution in [-0.4, -0.2) is 50.6 Å². The predicted octanol–water partition coefficient (Wildman–Crippen LogP) is 4.27. The number of rotatable bonds is 8. The quantitative estimate of drug-likeness (QED) is 0.507. The number of hydrogen-bond acceptors (Lipinski definition) is 7. The highest BCUT2D eigenvalue weighted by Crippen LogP contribution is 2.28. The van der Waals surface area contributed by atoms with Crippen LogP contribution in [0.3, 0.4) is 0 Å². The van der Waals surface area contributed by atoms with Crippen molar-refractivity contribution in [2.75, 3.05) is 19.7 Å². The molecule has 1 amide bonds. The van der Waals surface area contributed by atoms with Crippen molar-refractivity contribution in [3.05, 3.63) is 53.2 Å². The van der Waals surface area contributed by atoms with Crippen LogP contribution in [0.25, 0.3) is 11.6 Å². The molecule has 4 rings (SSSR count). The van der Waals surface area contributed by atoms with Gasteiger partial charge in [0.15, 0.2) is 5.82 Å².